The minimum absolute atomic E-state index is 0.274. The maximum Gasteiger partial charge on any atom is 0.127 e. The van der Waals surface area contributed by atoms with Crippen molar-refractivity contribution in [3.8, 4) is 6.07 Å². The van der Waals surface area contributed by atoms with Gasteiger partial charge in [-0.1, -0.05) is 0 Å². The first-order valence-corrected chi connectivity index (χ1v) is 6.51. The first kappa shape index (κ1) is 12.7. The molecule has 2 aromatic rings. The Kier molecular flexibility index (Phi) is 4.08. The zero-order valence-corrected chi connectivity index (χ0v) is 10.9. The van der Waals surface area contributed by atoms with Crippen LogP contribution in [0.15, 0.2) is 29.6 Å². The van der Waals surface area contributed by atoms with E-state index >= 15 is 0 Å². The molecule has 0 unspecified atom stereocenters. The van der Waals surface area contributed by atoms with Crippen molar-refractivity contribution in [3.05, 3.63) is 57.0 Å². The van der Waals surface area contributed by atoms with Crippen molar-refractivity contribution in [1.29, 1.82) is 5.26 Å². The summed E-state index contributed by atoms with van der Waals surface area (Å²) in [6, 6.07) is 8.50. The van der Waals surface area contributed by atoms with Gasteiger partial charge in [0.1, 0.15) is 5.82 Å². The molecule has 2 rings (SSSR count). The third-order valence-corrected chi connectivity index (χ3v) is 3.77. The Balaban J connectivity index is 1.98. The fraction of sp³-hybridized carbons (Fsp3) is 0.214. The molecule has 0 fully saturated rings. The smallest absolute Gasteiger partial charge is 0.127 e. The van der Waals surface area contributed by atoms with Gasteiger partial charge in [-0.2, -0.15) is 5.26 Å². The summed E-state index contributed by atoms with van der Waals surface area (Å²) >= 11 is 1.69. The van der Waals surface area contributed by atoms with Crippen LogP contribution in [0.4, 0.5) is 4.39 Å². The van der Waals surface area contributed by atoms with E-state index in [-0.39, 0.29) is 5.82 Å². The normalized spacial score (nSPS) is 10.3. The molecule has 0 saturated carbocycles. The molecule has 18 heavy (non-hydrogen) atoms. The van der Waals surface area contributed by atoms with Gasteiger partial charge >= 0.3 is 0 Å². The Morgan fingerprint density at radius 2 is 2.17 bits per heavy atom. The van der Waals surface area contributed by atoms with Gasteiger partial charge in [-0.3, -0.25) is 0 Å². The number of hydrogen-bond acceptors (Lipinski definition) is 3. The maximum atomic E-state index is 13.5. The van der Waals surface area contributed by atoms with E-state index in [1.807, 2.05) is 11.4 Å². The van der Waals surface area contributed by atoms with Gasteiger partial charge in [-0.05, 0) is 42.1 Å². The highest BCUT2D eigenvalue weighted by Crippen LogP contribution is 2.15. The van der Waals surface area contributed by atoms with Crippen molar-refractivity contribution in [1.82, 2.24) is 5.32 Å². The van der Waals surface area contributed by atoms with Crippen LogP contribution in [-0.4, -0.2) is 0 Å². The topological polar surface area (TPSA) is 35.8 Å². The lowest BCUT2D eigenvalue weighted by atomic mass is 10.1. The summed E-state index contributed by atoms with van der Waals surface area (Å²) in [4.78, 5) is 1.26. The van der Waals surface area contributed by atoms with Gasteiger partial charge in [-0.25, -0.2) is 4.39 Å². The molecule has 0 aliphatic carbocycles. The summed E-state index contributed by atoms with van der Waals surface area (Å²) in [5.41, 5.74) is 2.27. The Morgan fingerprint density at radius 1 is 1.33 bits per heavy atom. The second kappa shape index (κ2) is 5.76. The predicted molar refractivity (Wildman–Crippen MR) is 70.7 cm³/mol. The van der Waals surface area contributed by atoms with Crippen LogP contribution >= 0.6 is 11.3 Å². The van der Waals surface area contributed by atoms with E-state index in [0.29, 0.717) is 17.7 Å². The van der Waals surface area contributed by atoms with E-state index in [9.17, 15) is 4.39 Å². The minimum Gasteiger partial charge on any atom is -0.308 e. The van der Waals surface area contributed by atoms with Crippen LogP contribution in [0.25, 0.3) is 0 Å². The number of aryl methyl sites for hydroxylation is 1. The fourth-order valence-electron chi connectivity index (χ4n) is 1.68. The highest BCUT2D eigenvalue weighted by molar-refractivity contribution is 7.10. The van der Waals surface area contributed by atoms with Crippen LogP contribution in [0.5, 0.6) is 0 Å². The van der Waals surface area contributed by atoms with E-state index in [4.69, 9.17) is 5.26 Å². The number of hydrogen-bond donors (Lipinski definition) is 1. The van der Waals surface area contributed by atoms with Crippen LogP contribution < -0.4 is 5.32 Å². The van der Waals surface area contributed by atoms with Crippen molar-refractivity contribution in [2.24, 2.45) is 0 Å². The van der Waals surface area contributed by atoms with Crippen molar-refractivity contribution < 1.29 is 4.39 Å². The zero-order valence-electron chi connectivity index (χ0n) is 10.0. The molecule has 1 aromatic carbocycles. The van der Waals surface area contributed by atoms with Gasteiger partial charge in [0.2, 0.25) is 0 Å². The van der Waals surface area contributed by atoms with Gasteiger partial charge in [0.05, 0.1) is 11.6 Å². The second-order valence-corrected chi connectivity index (χ2v) is 5.05. The number of rotatable bonds is 4. The molecule has 0 spiro atoms. The van der Waals surface area contributed by atoms with E-state index in [0.717, 1.165) is 6.54 Å². The molecule has 0 aliphatic heterocycles. The lowest BCUT2D eigenvalue weighted by Crippen LogP contribution is -2.13. The van der Waals surface area contributed by atoms with Crippen molar-refractivity contribution in [2.75, 3.05) is 0 Å². The molecular formula is C14H13FN2S. The zero-order chi connectivity index (χ0) is 13.0. The summed E-state index contributed by atoms with van der Waals surface area (Å²) in [6.45, 7) is 3.21. The van der Waals surface area contributed by atoms with Gasteiger partial charge in [-0.15, -0.1) is 11.3 Å². The van der Waals surface area contributed by atoms with Crippen LogP contribution in [0, 0.1) is 24.1 Å². The Morgan fingerprint density at radius 3 is 2.83 bits per heavy atom. The highest BCUT2D eigenvalue weighted by atomic mass is 32.1. The molecule has 0 aliphatic rings. The standard InChI is InChI=1S/C14H13FN2S/c1-10-4-5-18-14(10)9-17-8-12-6-11(7-16)2-3-13(12)15/h2-6,17H,8-9H2,1H3. The molecule has 4 heteroatoms. The third kappa shape index (κ3) is 2.95. The number of thiophene rings is 1. The molecule has 92 valence electrons. The quantitative estimate of drug-likeness (QED) is 0.915. The van der Waals surface area contributed by atoms with E-state index in [1.54, 1.807) is 17.4 Å². The molecule has 0 saturated heterocycles. The van der Waals surface area contributed by atoms with Crippen molar-refractivity contribution in [3.63, 3.8) is 0 Å². The van der Waals surface area contributed by atoms with E-state index in [2.05, 4.69) is 18.3 Å². The van der Waals surface area contributed by atoms with Crippen LogP contribution in [0.2, 0.25) is 0 Å². The number of benzene rings is 1. The molecule has 1 aromatic heterocycles. The molecular weight excluding hydrogens is 247 g/mol. The molecule has 0 atom stereocenters. The first-order valence-electron chi connectivity index (χ1n) is 5.63. The molecule has 0 radical (unpaired) electrons. The van der Waals surface area contributed by atoms with Crippen LogP contribution in [0.1, 0.15) is 21.6 Å². The Hall–Kier alpha value is -1.70. The largest absolute Gasteiger partial charge is 0.308 e. The summed E-state index contributed by atoms with van der Waals surface area (Å²) in [5.74, 6) is -0.274. The number of nitriles is 1. The van der Waals surface area contributed by atoms with E-state index in [1.165, 1.54) is 22.6 Å². The van der Waals surface area contributed by atoms with Gasteiger partial charge in [0.25, 0.3) is 0 Å². The number of nitrogens with one attached hydrogen (secondary N) is 1. The lowest BCUT2D eigenvalue weighted by molar-refractivity contribution is 0.588. The molecule has 2 nitrogen and oxygen atoms in total. The first-order chi connectivity index (χ1) is 8.70. The number of nitrogens with zero attached hydrogens (tertiary/aromatic N) is 1. The van der Waals surface area contributed by atoms with Crippen molar-refractivity contribution in [2.45, 2.75) is 20.0 Å². The van der Waals surface area contributed by atoms with Crippen molar-refractivity contribution >= 4 is 11.3 Å². The SMILES string of the molecule is Cc1ccsc1CNCc1cc(C#N)ccc1F. The summed E-state index contributed by atoms with van der Waals surface area (Å²) in [7, 11) is 0. The Labute approximate surface area is 110 Å². The average molecular weight is 260 g/mol. The lowest BCUT2D eigenvalue weighted by Gasteiger charge is -2.06. The average Bonchev–Trinajstić information content (AvgIpc) is 2.77. The van der Waals surface area contributed by atoms with Gasteiger partial charge in [0, 0.05) is 23.5 Å². The second-order valence-electron chi connectivity index (χ2n) is 4.05. The molecule has 1 heterocycles. The van der Waals surface area contributed by atoms with Gasteiger partial charge < -0.3 is 5.32 Å². The van der Waals surface area contributed by atoms with E-state index < -0.39 is 0 Å². The monoisotopic (exact) mass is 260 g/mol. The minimum atomic E-state index is -0.274. The maximum absolute atomic E-state index is 13.5. The predicted octanol–water partition coefficient (Wildman–Crippen LogP) is 3.36. The summed E-state index contributed by atoms with van der Waals surface area (Å²) in [5, 5.41) is 14.0. The van der Waals surface area contributed by atoms with Gasteiger partial charge in [0.15, 0.2) is 0 Å². The fourth-order valence-corrected chi connectivity index (χ4v) is 2.55. The summed E-state index contributed by atoms with van der Waals surface area (Å²) < 4.78 is 13.5. The highest BCUT2D eigenvalue weighted by Gasteiger charge is 2.04. The van der Waals surface area contributed by atoms with Crippen LogP contribution in [-0.2, 0) is 13.1 Å². The molecule has 0 bridgehead atoms. The molecule has 0 amide bonds. The Bertz CT molecular complexity index is 584. The number of halogens is 1. The van der Waals surface area contributed by atoms with Crippen LogP contribution in [0.3, 0.4) is 0 Å². The summed E-state index contributed by atoms with van der Waals surface area (Å²) in [6.07, 6.45) is 0. The molecule has 1 N–H and O–H groups in total. The third-order valence-electron chi connectivity index (χ3n) is 2.74.